The molecule has 0 amide bonds. The second kappa shape index (κ2) is 6.59. The van der Waals surface area contributed by atoms with E-state index < -0.39 is 0 Å². The Morgan fingerprint density at radius 3 is 2.33 bits per heavy atom. The van der Waals surface area contributed by atoms with Crippen molar-refractivity contribution in [2.45, 2.75) is 20.3 Å². The van der Waals surface area contributed by atoms with Gasteiger partial charge in [0.05, 0.1) is 12.5 Å². The summed E-state index contributed by atoms with van der Waals surface area (Å²) >= 11 is 0. The molecule has 7 nitrogen and oxygen atoms in total. The standard InChI is InChI=1S/C11H19N7/c1-4-18(5-2)11-15-9(13)14-10(16-11)17(3)8-6-7-12/h4-6,8H2,1-3H3,(H2,13,14,15,16). The number of aromatic nitrogens is 3. The predicted molar refractivity (Wildman–Crippen MR) is 71.3 cm³/mol. The van der Waals surface area contributed by atoms with Gasteiger partial charge in [-0.2, -0.15) is 20.2 Å². The van der Waals surface area contributed by atoms with Crippen molar-refractivity contribution in [1.82, 2.24) is 15.0 Å². The van der Waals surface area contributed by atoms with Crippen LogP contribution in [0, 0.1) is 11.3 Å². The van der Waals surface area contributed by atoms with E-state index in [2.05, 4.69) is 21.0 Å². The van der Waals surface area contributed by atoms with E-state index in [1.54, 1.807) is 4.90 Å². The highest BCUT2D eigenvalue weighted by Gasteiger charge is 2.12. The van der Waals surface area contributed by atoms with Crippen LogP contribution in [-0.2, 0) is 0 Å². The van der Waals surface area contributed by atoms with Gasteiger partial charge >= 0.3 is 0 Å². The molecule has 0 saturated carbocycles. The maximum Gasteiger partial charge on any atom is 0.231 e. The summed E-state index contributed by atoms with van der Waals surface area (Å²) in [6, 6.07) is 2.09. The van der Waals surface area contributed by atoms with Crippen LogP contribution in [0.25, 0.3) is 0 Å². The molecule has 0 fully saturated rings. The molecule has 0 bridgehead atoms. The number of nitriles is 1. The van der Waals surface area contributed by atoms with E-state index in [0.29, 0.717) is 24.9 Å². The maximum atomic E-state index is 8.57. The molecule has 0 aliphatic heterocycles. The van der Waals surface area contributed by atoms with Crippen molar-refractivity contribution >= 4 is 17.8 Å². The zero-order valence-corrected chi connectivity index (χ0v) is 11.1. The second-order valence-electron chi connectivity index (χ2n) is 3.80. The van der Waals surface area contributed by atoms with Gasteiger partial charge in [-0.25, -0.2) is 0 Å². The average molecular weight is 249 g/mol. The normalized spacial score (nSPS) is 9.89. The molecule has 98 valence electrons. The lowest BCUT2D eigenvalue weighted by atomic mass is 10.4. The number of hydrogen-bond acceptors (Lipinski definition) is 7. The SMILES string of the molecule is CCN(CC)c1nc(N)nc(N(C)CCC#N)n1. The third-order valence-electron chi connectivity index (χ3n) is 2.58. The zero-order valence-electron chi connectivity index (χ0n) is 11.1. The van der Waals surface area contributed by atoms with Crippen LogP contribution in [0.15, 0.2) is 0 Å². The molecule has 7 heteroatoms. The molecule has 0 aliphatic rings. The minimum absolute atomic E-state index is 0.200. The molecule has 1 rings (SSSR count). The topological polar surface area (TPSA) is 95.0 Å². The van der Waals surface area contributed by atoms with E-state index in [-0.39, 0.29) is 5.95 Å². The van der Waals surface area contributed by atoms with Gasteiger partial charge in [-0.3, -0.25) is 0 Å². The summed E-state index contributed by atoms with van der Waals surface area (Å²) in [6.45, 7) is 6.24. The smallest absolute Gasteiger partial charge is 0.231 e. The Kier molecular flexibility index (Phi) is 5.11. The third kappa shape index (κ3) is 3.45. The van der Waals surface area contributed by atoms with E-state index in [0.717, 1.165) is 13.1 Å². The lowest BCUT2D eigenvalue weighted by molar-refractivity contribution is 0.794. The molecule has 1 aromatic rings. The number of nitrogens with two attached hydrogens (primary N) is 1. The van der Waals surface area contributed by atoms with Gasteiger partial charge in [0.1, 0.15) is 0 Å². The van der Waals surface area contributed by atoms with Gasteiger partial charge in [-0.15, -0.1) is 0 Å². The molecule has 0 aliphatic carbocycles. The summed E-state index contributed by atoms with van der Waals surface area (Å²) in [5, 5.41) is 8.57. The number of nitrogen functional groups attached to an aromatic ring is 1. The van der Waals surface area contributed by atoms with Gasteiger partial charge in [0, 0.05) is 26.7 Å². The van der Waals surface area contributed by atoms with E-state index in [9.17, 15) is 0 Å². The predicted octanol–water partition coefficient (Wildman–Crippen LogP) is 0.650. The highest BCUT2D eigenvalue weighted by molar-refractivity contribution is 5.42. The summed E-state index contributed by atoms with van der Waals surface area (Å²) in [6.07, 6.45) is 0.419. The van der Waals surface area contributed by atoms with Gasteiger partial charge < -0.3 is 15.5 Å². The largest absolute Gasteiger partial charge is 0.368 e. The number of hydrogen-bond donors (Lipinski definition) is 1. The summed E-state index contributed by atoms with van der Waals surface area (Å²) in [7, 11) is 1.83. The van der Waals surface area contributed by atoms with Crippen LogP contribution in [0.2, 0.25) is 0 Å². The Labute approximate surface area is 107 Å². The van der Waals surface area contributed by atoms with Gasteiger partial charge in [0.25, 0.3) is 0 Å². The summed E-state index contributed by atoms with van der Waals surface area (Å²) in [4.78, 5) is 16.4. The fourth-order valence-corrected chi connectivity index (χ4v) is 1.51. The van der Waals surface area contributed by atoms with Gasteiger partial charge in [0.15, 0.2) is 0 Å². The molecule has 2 N–H and O–H groups in total. The minimum atomic E-state index is 0.200. The highest BCUT2D eigenvalue weighted by atomic mass is 15.3. The highest BCUT2D eigenvalue weighted by Crippen LogP contribution is 2.14. The first-order chi connectivity index (χ1) is 8.62. The number of nitrogens with zero attached hydrogens (tertiary/aromatic N) is 6. The first kappa shape index (κ1) is 14.0. The summed E-state index contributed by atoms with van der Waals surface area (Å²) in [5.74, 6) is 1.27. The molecule has 0 saturated heterocycles. The molecular formula is C11H19N7. The van der Waals surface area contributed by atoms with Crippen LogP contribution in [0.3, 0.4) is 0 Å². The minimum Gasteiger partial charge on any atom is -0.368 e. The van der Waals surface area contributed by atoms with Crippen molar-refractivity contribution < 1.29 is 0 Å². The number of anilines is 3. The van der Waals surface area contributed by atoms with Crippen LogP contribution in [0.5, 0.6) is 0 Å². The van der Waals surface area contributed by atoms with Crippen LogP contribution < -0.4 is 15.5 Å². The lowest BCUT2D eigenvalue weighted by Crippen LogP contribution is -2.27. The van der Waals surface area contributed by atoms with E-state index >= 15 is 0 Å². The molecule has 18 heavy (non-hydrogen) atoms. The van der Waals surface area contributed by atoms with Gasteiger partial charge in [-0.1, -0.05) is 0 Å². The first-order valence-electron chi connectivity index (χ1n) is 5.96. The van der Waals surface area contributed by atoms with E-state index in [1.807, 2.05) is 25.8 Å². The van der Waals surface area contributed by atoms with Gasteiger partial charge in [0.2, 0.25) is 17.8 Å². The fourth-order valence-electron chi connectivity index (χ4n) is 1.51. The van der Waals surface area contributed by atoms with Crippen molar-refractivity contribution in [2.24, 2.45) is 0 Å². The van der Waals surface area contributed by atoms with Crippen molar-refractivity contribution in [3.8, 4) is 6.07 Å². The molecule has 0 aromatic carbocycles. The Balaban J connectivity index is 2.96. The van der Waals surface area contributed by atoms with Crippen molar-refractivity contribution in [3.05, 3.63) is 0 Å². The van der Waals surface area contributed by atoms with Crippen LogP contribution in [0.4, 0.5) is 17.8 Å². The molecule has 0 radical (unpaired) electrons. The van der Waals surface area contributed by atoms with Crippen LogP contribution in [0.1, 0.15) is 20.3 Å². The molecule has 0 atom stereocenters. The average Bonchev–Trinajstić information content (AvgIpc) is 2.36. The number of rotatable bonds is 6. The Morgan fingerprint density at radius 2 is 1.78 bits per heavy atom. The van der Waals surface area contributed by atoms with Crippen LogP contribution in [-0.4, -0.2) is 41.6 Å². The van der Waals surface area contributed by atoms with Crippen molar-refractivity contribution in [1.29, 1.82) is 5.26 Å². The Hall–Kier alpha value is -2.10. The molecule has 0 unspecified atom stereocenters. The lowest BCUT2D eigenvalue weighted by Gasteiger charge is -2.21. The van der Waals surface area contributed by atoms with Gasteiger partial charge in [-0.05, 0) is 13.8 Å². The van der Waals surface area contributed by atoms with E-state index in [1.165, 1.54) is 0 Å². The third-order valence-corrected chi connectivity index (χ3v) is 2.58. The first-order valence-corrected chi connectivity index (χ1v) is 5.96. The van der Waals surface area contributed by atoms with Crippen molar-refractivity contribution in [2.75, 3.05) is 42.2 Å². The summed E-state index contributed by atoms with van der Waals surface area (Å²) < 4.78 is 0. The monoisotopic (exact) mass is 249 g/mol. The molecule has 1 aromatic heterocycles. The molecular weight excluding hydrogens is 230 g/mol. The molecule has 1 heterocycles. The quantitative estimate of drug-likeness (QED) is 0.790. The maximum absolute atomic E-state index is 8.57. The Bertz CT molecular complexity index is 422. The zero-order chi connectivity index (χ0) is 13.5. The van der Waals surface area contributed by atoms with Crippen LogP contribution >= 0.6 is 0 Å². The summed E-state index contributed by atoms with van der Waals surface area (Å²) in [5.41, 5.74) is 5.69. The fraction of sp³-hybridized carbons (Fsp3) is 0.636. The molecule has 0 spiro atoms. The van der Waals surface area contributed by atoms with E-state index in [4.69, 9.17) is 11.0 Å². The second-order valence-corrected chi connectivity index (χ2v) is 3.80. The van der Waals surface area contributed by atoms with Crippen molar-refractivity contribution in [3.63, 3.8) is 0 Å². The Morgan fingerprint density at radius 1 is 1.17 bits per heavy atom.